The van der Waals surface area contributed by atoms with Crippen LogP contribution < -0.4 is 0 Å². The number of hydrogen-bond donors (Lipinski definition) is 0. The van der Waals surface area contributed by atoms with Crippen molar-refractivity contribution in [1.82, 2.24) is 4.98 Å². The zero-order valence-electron chi connectivity index (χ0n) is 16.3. The highest BCUT2D eigenvalue weighted by molar-refractivity contribution is 5.93. The highest BCUT2D eigenvalue weighted by Gasteiger charge is 2.37. The molecule has 0 radical (unpaired) electrons. The maximum absolute atomic E-state index is 14.5. The highest BCUT2D eigenvalue weighted by Crippen LogP contribution is 2.50. The van der Waals surface area contributed by atoms with Crippen LogP contribution in [-0.4, -0.2) is 17.6 Å². The molecule has 3 nitrogen and oxygen atoms in total. The molecule has 28 heavy (non-hydrogen) atoms. The number of fused-ring (bicyclic) bond motifs is 2. The minimum absolute atomic E-state index is 0.0659. The molecular weight excluding hydrogens is 360 g/mol. The van der Waals surface area contributed by atoms with Crippen molar-refractivity contribution in [3.63, 3.8) is 0 Å². The molecule has 1 aromatic carbocycles. The van der Waals surface area contributed by atoms with Crippen molar-refractivity contribution in [3.05, 3.63) is 41.1 Å². The van der Waals surface area contributed by atoms with Gasteiger partial charge in [-0.15, -0.1) is 0 Å². The zero-order chi connectivity index (χ0) is 19.7. The Morgan fingerprint density at radius 1 is 1.14 bits per heavy atom. The summed E-state index contributed by atoms with van der Waals surface area (Å²) in [6, 6.07) is 3.91. The molecule has 4 rings (SSSR count). The van der Waals surface area contributed by atoms with Crippen LogP contribution in [0.15, 0.2) is 18.2 Å². The summed E-state index contributed by atoms with van der Waals surface area (Å²) in [5, 5.41) is 0.492. The fourth-order valence-corrected chi connectivity index (χ4v) is 5.09. The van der Waals surface area contributed by atoms with Gasteiger partial charge in [-0.1, -0.05) is 39.0 Å². The number of halogens is 2. The van der Waals surface area contributed by atoms with Crippen molar-refractivity contribution in [2.75, 3.05) is 6.61 Å². The second kappa shape index (κ2) is 8.14. The Morgan fingerprint density at radius 2 is 1.86 bits per heavy atom. The van der Waals surface area contributed by atoms with Crippen LogP contribution in [0.4, 0.5) is 8.78 Å². The SMILES string of the molecule is CCCCOC(=O)c1cc(C2CC3CCCCC3C2)c2cc(F)cc(F)c2n1. The highest BCUT2D eigenvalue weighted by atomic mass is 19.1. The summed E-state index contributed by atoms with van der Waals surface area (Å²) in [5.74, 6) is -0.296. The number of esters is 1. The van der Waals surface area contributed by atoms with Crippen LogP contribution in [0.5, 0.6) is 0 Å². The molecule has 1 aromatic heterocycles. The van der Waals surface area contributed by atoms with E-state index in [-0.39, 0.29) is 17.1 Å². The number of pyridine rings is 1. The minimum atomic E-state index is -0.727. The molecule has 0 spiro atoms. The molecule has 2 aromatic rings. The number of nitrogens with zero attached hydrogens (tertiary/aromatic N) is 1. The van der Waals surface area contributed by atoms with Gasteiger partial charge < -0.3 is 4.74 Å². The van der Waals surface area contributed by atoms with E-state index in [0.29, 0.717) is 23.8 Å². The zero-order valence-corrected chi connectivity index (χ0v) is 16.3. The van der Waals surface area contributed by atoms with Crippen LogP contribution >= 0.6 is 0 Å². The number of aromatic nitrogens is 1. The van der Waals surface area contributed by atoms with Gasteiger partial charge in [-0.2, -0.15) is 0 Å². The number of ether oxygens (including phenoxy) is 1. The average Bonchev–Trinajstić information content (AvgIpc) is 3.11. The second-order valence-corrected chi connectivity index (χ2v) is 8.34. The van der Waals surface area contributed by atoms with E-state index in [0.717, 1.165) is 37.3 Å². The van der Waals surface area contributed by atoms with E-state index >= 15 is 0 Å². The monoisotopic (exact) mass is 387 g/mol. The van der Waals surface area contributed by atoms with Crippen molar-refractivity contribution in [1.29, 1.82) is 0 Å². The summed E-state index contributed by atoms with van der Waals surface area (Å²) in [5.41, 5.74) is 1.04. The molecule has 2 saturated carbocycles. The first-order valence-electron chi connectivity index (χ1n) is 10.5. The van der Waals surface area contributed by atoms with E-state index in [1.807, 2.05) is 6.92 Å². The quantitative estimate of drug-likeness (QED) is 0.456. The van der Waals surface area contributed by atoms with Crippen molar-refractivity contribution in [2.45, 2.75) is 64.2 Å². The first-order chi connectivity index (χ1) is 13.6. The normalized spacial score (nSPS) is 24.3. The molecule has 0 N–H and O–H groups in total. The molecule has 0 amide bonds. The van der Waals surface area contributed by atoms with Crippen molar-refractivity contribution in [3.8, 4) is 0 Å². The molecule has 2 unspecified atom stereocenters. The molecule has 2 atom stereocenters. The van der Waals surface area contributed by atoms with E-state index in [9.17, 15) is 13.6 Å². The number of carbonyl (C=O) groups excluding carboxylic acids is 1. The van der Waals surface area contributed by atoms with Gasteiger partial charge in [0.25, 0.3) is 0 Å². The Bertz CT molecular complexity index is 869. The van der Waals surface area contributed by atoms with Gasteiger partial charge in [0, 0.05) is 11.5 Å². The van der Waals surface area contributed by atoms with Gasteiger partial charge in [-0.3, -0.25) is 0 Å². The summed E-state index contributed by atoms with van der Waals surface area (Å²) in [4.78, 5) is 16.7. The van der Waals surface area contributed by atoms with E-state index in [1.54, 1.807) is 6.07 Å². The largest absolute Gasteiger partial charge is 0.461 e. The predicted molar refractivity (Wildman–Crippen MR) is 104 cm³/mol. The predicted octanol–water partition coefficient (Wildman–Crippen LogP) is 6.15. The number of unbranched alkanes of at least 4 members (excludes halogenated alkanes) is 1. The maximum atomic E-state index is 14.5. The second-order valence-electron chi connectivity index (χ2n) is 8.34. The maximum Gasteiger partial charge on any atom is 0.356 e. The van der Waals surface area contributed by atoms with E-state index in [1.165, 1.54) is 31.7 Å². The van der Waals surface area contributed by atoms with Crippen LogP contribution in [0.2, 0.25) is 0 Å². The third kappa shape index (κ3) is 3.76. The van der Waals surface area contributed by atoms with Crippen molar-refractivity contribution in [2.24, 2.45) is 11.8 Å². The van der Waals surface area contributed by atoms with Crippen molar-refractivity contribution >= 4 is 16.9 Å². The lowest BCUT2D eigenvalue weighted by Gasteiger charge is -2.24. The molecule has 0 bridgehead atoms. The first-order valence-corrected chi connectivity index (χ1v) is 10.5. The fraction of sp³-hybridized carbons (Fsp3) is 0.565. The van der Waals surface area contributed by atoms with E-state index in [2.05, 4.69) is 4.98 Å². The summed E-state index contributed by atoms with van der Waals surface area (Å²) in [6.45, 7) is 2.34. The molecule has 1 heterocycles. The van der Waals surface area contributed by atoms with Crippen LogP contribution in [0.3, 0.4) is 0 Å². The lowest BCUT2D eigenvalue weighted by atomic mass is 9.82. The van der Waals surface area contributed by atoms with Gasteiger partial charge in [-0.05, 0) is 54.7 Å². The number of benzene rings is 1. The fourth-order valence-electron chi connectivity index (χ4n) is 5.09. The van der Waals surface area contributed by atoms with Crippen LogP contribution in [0.1, 0.15) is 80.3 Å². The van der Waals surface area contributed by atoms with E-state index < -0.39 is 17.6 Å². The van der Waals surface area contributed by atoms with Gasteiger partial charge in [0.15, 0.2) is 5.82 Å². The third-order valence-corrected chi connectivity index (χ3v) is 6.48. The Kier molecular flexibility index (Phi) is 5.61. The molecule has 0 aliphatic heterocycles. The van der Waals surface area contributed by atoms with Gasteiger partial charge in [-0.25, -0.2) is 18.6 Å². The molecule has 0 saturated heterocycles. The van der Waals surface area contributed by atoms with Crippen LogP contribution in [-0.2, 0) is 4.74 Å². The Labute approximate surface area is 164 Å². The molecule has 2 fully saturated rings. The summed E-state index contributed by atoms with van der Waals surface area (Å²) >= 11 is 0. The first kappa shape index (κ1) is 19.3. The van der Waals surface area contributed by atoms with Gasteiger partial charge in [0.2, 0.25) is 0 Å². The molecule has 5 heteroatoms. The smallest absolute Gasteiger partial charge is 0.356 e. The number of carbonyl (C=O) groups is 1. The van der Waals surface area contributed by atoms with Crippen LogP contribution in [0.25, 0.3) is 10.9 Å². The average molecular weight is 387 g/mol. The lowest BCUT2D eigenvalue weighted by molar-refractivity contribution is 0.0493. The standard InChI is InChI=1S/C23H27F2NO2/c1-2-3-8-28-23(27)21-13-18(16-9-14-6-4-5-7-15(14)10-16)19-11-17(24)12-20(25)22(19)26-21/h11-16H,2-10H2,1H3. The molecule has 2 aliphatic rings. The summed E-state index contributed by atoms with van der Waals surface area (Å²) < 4.78 is 33.8. The molecular formula is C23H27F2NO2. The number of rotatable bonds is 5. The summed E-state index contributed by atoms with van der Waals surface area (Å²) in [6.07, 6.45) is 8.74. The van der Waals surface area contributed by atoms with Crippen molar-refractivity contribution < 1.29 is 18.3 Å². The minimum Gasteiger partial charge on any atom is -0.461 e. The van der Waals surface area contributed by atoms with Gasteiger partial charge in [0.1, 0.15) is 17.0 Å². The summed E-state index contributed by atoms with van der Waals surface area (Å²) in [7, 11) is 0. The Morgan fingerprint density at radius 3 is 2.54 bits per heavy atom. The third-order valence-electron chi connectivity index (χ3n) is 6.48. The van der Waals surface area contributed by atoms with Crippen LogP contribution in [0, 0.1) is 23.5 Å². The van der Waals surface area contributed by atoms with E-state index in [4.69, 9.17) is 4.74 Å². The Hall–Kier alpha value is -2.04. The lowest BCUT2D eigenvalue weighted by Crippen LogP contribution is -2.12. The van der Waals surface area contributed by atoms with Gasteiger partial charge in [0.05, 0.1) is 6.61 Å². The van der Waals surface area contributed by atoms with Gasteiger partial charge >= 0.3 is 5.97 Å². The topological polar surface area (TPSA) is 39.2 Å². The Balaban J connectivity index is 1.73. The number of hydrogen-bond acceptors (Lipinski definition) is 3. The molecule has 2 aliphatic carbocycles. The molecule has 150 valence electrons.